The normalized spacial score (nSPS) is 12.2. The average molecular weight is 1060 g/mol. The molecule has 1 aliphatic carbocycles. The summed E-state index contributed by atoms with van der Waals surface area (Å²) in [5.74, 6) is 1.22. The zero-order chi connectivity index (χ0) is 59.7. The van der Waals surface area contributed by atoms with E-state index in [1.165, 1.54) is 100 Å². The number of fused-ring (bicyclic) bond motifs is 3. The maximum atomic E-state index is 8.59. The van der Waals surface area contributed by atoms with Crippen molar-refractivity contribution in [2.45, 2.75) is 142 Å². The summed E-state index contributed by atoms with van der Waals surface area (Å²) < 4.78 is 0. The Hall–Kier alpha value is -7.79. The molecule has 0 aliphatic heterocycles. The summed E-state index contributed by atoms with van der Waals surface area (Å²) >= 11 is 0. The Bertz CT molecular complexity index is 3240. The molecule has 8 rings (SSSR count). The van der Waals surface area contributed by atoms with Crippen molar-refractivity contribution >= 4 is 17.7 Å². The first-order chi connectivity index (χ1) is 38.3. The first-order valence-electron chi connectivity index (χ1n) is 28.9. The first-order valence-corrected chi connectivity index (χ1v) is 28.9. The van der Waals surface area contributed by atoms with Crippen molar-refractivity contribution in [2.24, 2.45) is 5.92 Å². The molecule has 0 heterocycles. The van der Waals surface area contributed by atoms with E-state index < -0.39 is 0 Å². The number of hydrogen-bond acceptors (Lipinski definition) is 1. The van der Waals surface area contributed by atoms with E-state index in [0.29, 0.717) is 11.8 Å². The molecule has 0 fully saturated rings. The SMILES string of the molecule is C/C=C\C(=C/C)C(C)C.C=C/C(CC)=C(/C)C(=C)c1ccccc1C(C)CC.C=Cc1c(C)cc2c(c1C=C)-c1ccc(C)cc1C2(c1ccc(C)cc1)c1ccc(C)cc1.CC.Cc1ccc(C)c(C#N)c1.Cc1ccccc1. The average Bonchev–Trinajstić information content (AvgIpc) is 3.77. The van der Waals surface area contributed by atoms with E-state index in [4.69, 9.17) is 5.26 Å². The molecular formula is C79H95N. The Morgan fingerprint density at radius 2 is 1.11 bits per heavy atom. The van der Waals surface area contributed by atoms with Crippen LogP contribution < -0.4 is 0 Å². The van der Waals surface area contributed by atoms with Crippen LogP contribution in [-0.2, 0) is 5.41 Å². The summed E-state index contributed by atoms with van der Waals surface area (Å²) in [5, 5.41) is 8.59. The van der Waals surface area contributed by atoms with E-state index in [1.54, 1.807) is 0 Å². The van der Waals surface area contributed by atoms with Crippen molar-refractivity contribution in [2.75, 3.05) is 0 Å². The van der Waals surface area contributed by atoms with Gasteiger partial charge < -0.3 is 0 Å². The Balaban J connectivity index is 0.000000300. The summed E-state index contributed by atoms with van der Waals surface area (Å²) in [6.45, 7) is 52.6. The number of hydrogen-bond donors (Lipinski definition) is 0. The molecule has 0 saturated heterocycles. The smallest absolute Gasteiger partial charge is 0.0994 e. The molecule has 1 heteroatoms. The standard InChI is InChI=1S/C33H30.C19H26.C9H9N.C9H16.C7H8.C2H6/c1-7-27-24(6)20-31-32(28(27)8-2)29-18-13-23(5)19-30(29)33(31,25-14-9-21(3)10-15-25)26-16-11-22(4)12-17-26;1-7-14(4)18-12-10-11-13-19(18)16(6)15(5)17(8-2)9-3;1-7-3-4-8(2)9(5-7)6-10;1-5-7-9(6-2)8(3)4;1-7-5-3-2-4-6-7;1-2/h7-20H,1-2H2,3-6H3;8,10-14H,2,6-7,9H2,1,3-5H3;3-5H,1-2H3;5-8H,1-4H3;2-6H,1H3;1-2H3/b;17-15+;;7-5-,9-6+;;. The van der Waals surface area contributed by atoms with Gasteiger partial charge in [0.2, 0.25) is 0 Å². The Morgan fingerprint density at radius 3 is 1.55 bits per heavy atom. The number of aryl methyl sites for hydroxylation is 7. The van der Waals surface area contributed by atoms with Crippen molar-refractivity contribution in [3.05, 3.63) is 302 Å². The third kappa shape index (κ3) is 16.6. The van der Waals surface area contributed by atoms with Gasteiger partial charge in [-0.2, -0.15) is 5.26 Å². The molecule has 0 radical (unpaired) electrons. The minimum Gasteiger partial charge on any atom is -0.192 e. The summed E-state index contributed by atoms with van der Waals surface area (Å²) in [6.07, 6.45) is 14.5. The molecule has 416 valence electrons. The highest BCUT2D eigenvalue weighted by Gasteiger charge is 2.47. The predicted molar refractivity (Wildman–Crippen MR) is 357 cm³/mol. The summed E-state index contributed by atoms with van der Waals surface area (Å²) in [5.41, 5.74) is 26.9. The number of rotatable bonds is 12. The zero-order valence-electron chi connectivity index (χ0n) is 52.2. The van der Waals surface area contributed by atoms with Crippen LogP contribution in [0, 0.1) is 65.7 Å². The van der Waals surface area contributed by atoms with Crippen molar-refractivity contribution < 1.29 is 0 Å². The summed E-state index contributed by atoms with van der Waals surface area (Å²) in [4.78, 5) is 0. The van der Waals surface area contributed by atoms with Gasteiger partial charge in [-0.15, -0.1) is 0 Å². The lowest BCUT2D eigenvalue weighted by molar-refractivity contribution is 0.731. The minimum atomic E-state index is -0.389. The number of nitriles is 1. The fraction of sp³-hybridized carbons (Fsp3) is 0.278. The fourth-order valence-corrected chi connectivity index (χ4v) is 10.2. The van der Waals surface area contributed by atoms with E-state index in [0.717, 1.165) is 35.1 Å². The molecule has 0 spiro atoms. The maximum absolute atomic E-state index is 8.59. The zero-order valence-corrected chi connectivity index (χ0v) is 52.2. The number of benzene rings is 7. The Kier molecular flexibility index (Phi) is 27.4. The molecule has 1 atom stereocenters. The first kappa shape index (κ1) is 66.5. The molecule has 0 bridgehead atoms. The molecule has 7 aromatic carbocycles. The predicted octanol–water partition coefficient (Wildman–Crippen LogP) is 23.1. The lowest BCUT2D eigenvalue weighted by Gasteiger charge is -2.34. The van der Waals surface area contributed by atoms with Crippen LogP contribution in [0.4, 0.5) is 0 Å². The third-order valence-corrected chi connectivity index (χ3v) is 15.0. The van der Waals surface area contributed by atoms with Crippen molar-refractivity contribution in [1.29, 1.82) is 5.26 Å². The summed E-state index contributed by atoms with van der Waals surface area (Å²) in [7, 11) is 0. The van der Waals surface area contributed by atoms with Gasteiger partial charge in [-0.25, -0.2) is 0 Å². The van der Waals surface area contributed by atoms with E-state index in [-0.39, 0.29) is 5.41 Å². The third-order valence-electron chi connectivity index (χ3n) is 15.0. The van der Waals surface area contributed by atoms with Crippen LogP contribution >= 0.6 is 0 Å². The molecular weight excluding hydrogens is 963 g/mol. The van der Waals surface area contributed by atoms with Crippen LogP contribution in [-0.4, -0.2) is 0 Å². The highest BCUT2D eigenvalue weighted by Crippen LogP contribution is 2.58. The second-order valence-corrected chi connectivity index (χ2v) is 21.0. The van der Waals surface area contributed by atoms with Crippen LogP contribution in [0.3, 0.4) is 0 Å². The van der Waals surface area contributed by atoms with E-state index in [2.05, 4.69) is 243 Å². The van der Waals surface area contributed by atoms with Crippen molar-refractivity contribution in [1.82, 2.24) is 0 Å². The molecule has 0 amide bonds. The van der Waals surface area contributed by atoms with Gasteiger partial charge >= 0.3 is 0 Å². The maximum Gasteiger partial charge on any atom is 0.0994 e. The summed E-state index contributed by atoms with van der Waals surface area (Å²) in [6, 6.07) is 54.3. The van der Waals surface area contributed by atoms with Gasteiger partial charge in [0.25, 0.3) is 0 Å². The lowest BCUT2D eigenvalue weighted by atomic mass is 9.67. The van der Waals surface area contributed by atoms with E-state index >= 15 is 0 Å². The second kappa shape index (κ2) is 33.0. The lowest BCUT2D eigenvalue weighted by Crippen LogP contribution is -2.29. The van der Waals surface area contributed by atoms with Gasteiger partial charge in [0, 0.05) is 0 Å². The minimum absolute atomic E-state index is 0.389. The van der Waals surface area contributed by atoms with Gasteiger partial charge in [-0.1, -0.05) is 279 Å². The quantitative estimate of drug-likeness (QED) is 0.112. The van der Waals surface area contributed by atoms with E-state index in [1.807, 2.05) is 89.2 Å². The number of nitrogens with zero attached hydrogens (tertiary/aromatic N) is 1. The molecule has 1 nitrogen and oxygen atoms in total. The topological polar surface area (TPSA) is 23.8 Å². The van der Waals surface area contributed by atoms with E-state index in [9.17, 15) is 0 Å². The molecule has 0 saturated carbocycles. The van der Waals surface area contributed by atoms with Gasteiger partial charge in [0.15, 0.2) is 0 Å². The molecule has 0 N–H and O–H groups in total. The van der Waals surface area contributed by atoms with Gasteiger partial charge in [-0.3, -0.25) is 0 Å². The Labute approximate surface area is 487 Å². The molecule has 80 heavy (non-hydrogen) atoms. The molecule has 7 aromatic rings. The molecule has 1 unspecified atom stereocenters. The molecule has 0 aromatic heterocycles. The molecule has 1 aliphatic rings. The van der Waals surface area contributed by atoms with Crippen LogP contribution in [0.5, 0.6) is 0 Å². The highest BCUT2D eigenvalue weighted by atomic mass is 14.5. The number of allylic oxidation sites excluding steroid dienone is 8. The van der Waals surface area contributed by atoms with Crippen LogP contribution in [0.15, 0.2) is 213 Å². The van der Waals surface area contributed by atoms with Crippen molar-refractivity contribution in [3.8, 4) is 17.2 Å². The van der Waals surface area contributed by atoms with Crippen LogP contribution in [0.25, 0.3) is 28.9 Å². The van der Waals surface area contributed by atoms with Crippen LogP contribution in [0.1, 0.15) is 177 Å². The van der Waals surface area contributed by atoms with Crippen molar-refractivity contribution in [3.63, 3.8) is 0 Å². The largest absolute Gasteiger partial charge is 0.192 e. The Morgan fingerprint density at radius 1 is 0.600 bits per heavy atom. The van der Waals surface area contributed by atoms with Gasteiger partial charge in [-0.05, 0) is 189 Å². The second-order valence-electron chi connectivity index (χ2n) is 21.0. The highest BCUT2D eigenvalue weighted by molar-refractivity contribution is 5.94. The van der Waals surface area contributed by atoms with Gasteiger partial charge in [0.05, 0.1) is 17.0 Å². The van der Waals surface area contributed by atoms with Gasteiger partial charge in [0.1, 0.15) is 0 Å². The van der Waals surface area contributed by atoms with Crippen LogP contribution in [0.2, 0.25) is 0 Å². The monoisotopic (exact) mass is 1060 g/mol. The fourth-order valence-electron chi connectivity index (χ4n) is 10.2.